The standard InChI is InChI=1S/C35H40N4O4S/c1-43-31-16-15-29(38-30(31)19-36)24-9-7-23(8-10-24)21-39(35(42)26-11-5-22(6-12-26)17-33(40)41)28-4-2-3-27(18-28)32-20-37-34(44-32)25-13-14-25/h2-4,15-16,18,20,22-26H,5-14,17,21H2,1H3,(H,40,41). The number of ether oxygens (including phenoxy) is 1. The second-order valence-electron chi connectivity index (χ2n) is 12.8. The highest BCUT2D eigenvalue weighted by Crippen LogP contribution is 2.44. The first kappa shape index (κ1) is 30.3. The smallest absolute Gasteiger partial charge is 0.303 e. The van der Waals surface area contributed by atoms with Crippen molar-refractivity contribution in [3.05, 3.63) is 59.0 Å². The van der Waals surface area contributed by atoms with Crippen LogP contribution in [0, 0.1) is 29.1 Å². The number of amides is 1. The monoisotopic (exact) mass is 612 g/mol. The van der Waals surface area contributed by atoms with E-state index in [9.17, 15) is 20.0 Å². The molecule has 0 aliphatic heterocycles. The zero-order chi connectivity index (χ0) is 30.6. The van der Waals surface area contributed by atoms with Gasteiger partial charge in [-0.15, -0.1) is 11.3 Å². The van der Waals surface area contributed by atoms with Crippen LogP contribution in [0.15, 0.2) is 42.6 Å². The highest BCUT2D eigenvalue weighted by Gasteiger charge is 2.34. The average molecular weight is 613 g/mol. The average Bonchev–Trinajstić information content (AvgIpc) is 3.79. The molecule has 0 saturated heterocycles. The predicted molar refractivity (Wildman–Crippen MR) is 170 cm³/mol. The summed E-state index contributed by atoms with van der Waals surface area (Å²) in [5.74, 6) is 1.24. The third-order valence-electron chi connectivity index (χ3n) is 9.73. The van der Waals surface area contributed by atoms with Crippen LogP contribution < -0.4 is 9.64 Å². The van der Waals surface area contributed by atoms with Gasteiger partial charge < -0.3 is 14.7 Å². The molecule has 3 saturated carbocycles. The Bertz CT molecular complexity index is 1530. The van der Waals surface area contributed by atoms with Crippen LogP contribution in [0.5, 0.6) is 5.75 Å². The number of carboxylic acids is 1. The number of carboxylic acid groups (broad SMARTS) is 1. The summed E-state index contributed by atoms with van der Waals surface area (Å²) in [5, 5.41) is 20.0. The van der Waals surface area contributed by atoms with E-state index < -0.39 is 5.97 Å². The summed E-state index contributed by atoms with van der Waals surface area (Å²) in [7, 11) is 1.55. The molecule has 8 nitrogen and oxygen atoms in total. The Hall–Kier alpha value is -3.77. The maximum Gasteiger partial charge on any atom is 0.303 e. The van der Waals surface area contributed by atoms with E-state index in [2.05, 4.69) is 34.2 Å². The van der Waals surface area contributed by atoms with Gasteiger partial charge >= 0.3 is 5.97 Å². The van der Waals surface area contributed by atoms with Gasteiger partial charge in [0.25, 0.3) is 0 Å². The number of carbonyl (C=O) groups excluding carboxylic acids is 1. The van der Waals surface area contributed by atoms with Gasteiger partial charge in [-0.3, -0.25) is 9.59 Å². The van der Waals surface area contributed by atoms with Gasteiger partial charge in [0.05, 0.1) is 17.0 Å². The van der Waals surface area contributed by atoms with Crippen LogP contribution in [0.1, 0.15) is 98.9 Å². The van der Waals surface area contributed by atoms with Gasteiger partial charge in [0.2, 0.25) is 5.91 Å². The maximum atomic E-state index is 14.2. The summed E-state index contributed by atoms with van der Waals surface area (Å²) in [6, 6.07) is 14.3. The molecule has 3 aliphatic rings. The molecule has 6 rings (SSSR count). The Labute approximate surface area is 263 Å². The van der Waals surface area contributed by atoms with E-state index in [0.29, 0.717) is 29.8 Å². The Balaban J connectivity index is 1.18. The van der Waals surface area contributed by atoms with Crippen LogP contribution >= 0.6 is 11.3 Å². The number of hydrogen-bond donors (Lipinski definition) is 1. The molecule has 1 aromatic carbocycles. The van der Waals surface area contributed by atoms with Crippen molar-refractivity contribution in [2.75, 3.05) is 18.6 Å². The van der Waals surface area contributed by atoms with Crippen molar-refractivity contribution in [2.45, 2.75) is 82.5 Å². The molecule has 0 atom stereocenters. The number of carbonyl (C=O) groups is 2. The van der Waals surface area contributed by atoms with Gasteiger partial charge in [0.1, 0.15) is 6.07 Å². The van der Waals surface area contributed by atoms with Crippen molar-refractivity contribution < 1.29 is 19.4 Å². The molecule has 44 heavy (non-hydrogen) atoms. The van der Waals surface area contributed by atoms with Crippen molar-refractivity contribution in [1.29, 1.82) is 5.26 Å². The summed E-state index contributed by atoms with van der Waals surface area (Å²) in [6.45, 7) is 0.666. The fourth-order valence-electron chi connectivity index (χ4n) is 7.00. The first-order chi connectivity index (χ1) is 21.4. The molecule has 0 spiro atoms. The number of nitriles is 1. The van der Waals surface area contributed by atoms with Crippen LogP contribution in [-0.4, -0.2) is 40.6 Å². The number of anilines is 1. The van der Waals surface area contributed by atoms with Crippen molar-refractivity contribution in [3.8, 4) is 22.3 Å². The van der Waals surface area contributed by atoms with Gasteiger partial charge in [0, 0.05) is 48.3 Å². The number of methoxy groups -OCH3 is 1. The third-order valence-corrected chi connectivity index (χ3v) is 10.9. The maximum absolute atomic E-state index is 14.2. The molecule has 1 amide bonds. The fraction of sp³-hybridized carbons (Fsp3) is 0.514. The summed E-state index contributed by atoms with van der Waals surface area (Å²) >= 11 is 1.76. The first-order valence-electron chi connectivity index (χ1n) is 16.0. The van der Waals surface area contributed by atoms with Crippen LogP contribution in [0.3, 0.4) is 0 Å². The number of benzene rings is 1. The first-order valence-corrected chi connectivity index (χ1v) is 16.8. The van der Waals surface area contributed by atoms with Gasteiger partial charge in [-0.1, -0.05) is 12.1 Å². The van der Waals surface area contributed by atoms with Gasteiger partial charge in [0.15, 0.2) is 11.4 Å². The molecule has 2 aromatic heterocycles. The fourth-order valence-corrected chi connectivity index (χ4v) is 8.09. The van der Waals surface area contributed by atoms with E-state index in [4.69, 9.17) is 4.74 Å². The molecule has 1 N–H and O–H groups in total. The molecule has 0 unspecified atom stereocenters. The second kappa shape index (κ2) is 13.5. The van der Waals surface area contributed by atoms with Crippen LogP contribution in [-0.2, 0) is 9.59 Å². The Kier molecular flexibility index (Phi) is 9.27. The molecule has 2 heterocycles. The van der Waals surface area contributed by atoms with Crippen molar-refractivity contribution in [3.63, 3.8) is 0 Å². The topological polar surface area (TPSA) is 116 Å². The van der Waals surface area contributed by atoms with Gasteiger partial charge in [-0.25, -0.2) is 9.97 Å². The summed E-state index contributed by atoms with van der Waals surface area (Å²) in [5.41, 5.74) is 3.29. The molecule has 9 heteroatoms. The van der Waals surface area contributed by atoms with Gasteiger partial charge in [-0.2, -0.15) is 5.26 Å². The number of pyridine rings is 1. The van der Waals surface area contributed by atoms with Gasteiger partial charge in [-0.05, 0) is 106 Å². The SMILES string of the molecule is COc1ccc(C2CCC(CN(C(=O)C3CCC(CC(=O)O)CC3)c3cccc(-c4cnc(C5CC5)s4)c3)CC2)nc1C#N. The Morgan fingerprint density at radius 3 is 2.41 bits per heavy atom. The quantitative estimate of drug-likeness (QED) is 0.251. The van der Waals surface area contributed by atoms with E-state index in [1.807, 2.05) is 29.3 Å². The minimum Gasteiger partial charge on any atom is -0.494 e. The van der Waals surface area contributed by atoms with Crippen LogP contribution in [0.2, 0.25) is 0 Å². The zero-order valence-electron chi connectivity index (χ0n) is 25.3. The molecule has 3 aliphatic carbocycles. The lowest BCUT2D eigenvalue weighted by Crippen LogP contribution is -2.41. The predicted octanol–water partition coefficient (Wildman–Crippen LogP) is 7.55. The van der Waals surface area contributed by atoms with E-state index in [1.54, 1.807) is 18.4 Å². The van der Waals surface area contributed by atoms with Crippen LogP contribution in [0.4, 0.5) is 5.69 Å². The number of aromatic nitrogens is 2. The minimum atomic E-state index is -0.754. The number of nitrogens with zero attached hydrogens (tertiary/aromatic N) is 4. The molecule has 0 bridgehead atoms. The molecule has 3 aromatic rings. The normalized spacial score (nSPS) is 23.5. The van der Waals surface area contributed by atoms with E-state index in [0.717, 1.165) is 73.2 Å². The molecule has 0 radical (unpaired) electrons. The summed E-state index contributed by atoms with van der Waals surface area (Å²) in [6.07, 6.45) is 11.5. The summed E-state index contributed by atoms with van der Waals surface area (Å²) in [4.78, 5) is 37.9. The largest absolute Gasteiger partial charge is 0.494 e. The minimum absolute atomic E-state index is 0.0854. The summed E-state index contributed by atoms with van der Waals surface area (Å²) < 4.78 is 5.28. The molecule has 230 valence electrons. The number of hydrogen-bond acceptors (Lipinski definition) is 7. The third kappa shape index (κ3) is 6.96. The molecular formula is C35H40N4O4S. The zero-order valence-corrected chi connectivity index (χ0v) is 26.1. The molecular weight excluding hydrogens is 572 g/mol. The Morgan fingerprint density at radius 2 is 1.73 bits per heavy atom. The van der Waals surface area contributed by atoms with Crippen molar-refractivity contribution >= 4 is 28.9 Å². The highest BCUT2D eigenvalue weighted by atomic mass is 32.1. The van der Waals surface area contributed by atoms with E-state index >= 15 is 0 Å². The number of rotatable bonds is 10. The number of aliphatic carboxylic acids is 1. The number of thiazole rings is 1. The lowest BCUT2D eigenvalue weighted by molar-refractivity contribution is -0.138. The van der Waals surface area contributed by atoms with E-state index in [1.165, 1.54) is 17.8 Å². The van der Waals surface area contributed by atoms with Crippen molar-refractivity contribution in [1.82, 2.24) is 9.97 Å². The highest BCUT2D eigenvalue weighted by molar-refractivity contribution is 7.15. The molecule has 3 fully saturated rings. The Morgan fingerprint density at radius 1 is 1.00 bits per heavy atom. The lowest BCUT2D eigenvalue weighted by Gasteiger charge is -2.36. The lowest BCUT2D eigenvalue weighted by atomic mass is 9.78. The van der Waals surface area contributed by atoms with Crippen molar-refractivity contribution in [2.24, 2.45) is 17.8 Å². The van der Waals surface area contributed by atoms with E-state index in [-0.39, 0.29) is 30.1 Å². The second-order valence-corrected chi connectivity index (χ2v) is 13.8. The van der Waals surface area contributed by atoms with Crippen LogP contribution in [0.25, 0.3) is 10.4 Å².